The second-order valence-corrected chi connectivity index (χ2v) is 12.1. The summed E-state index contributed by atoms with van der Waals surface area (Å²) in [5.41, 5.74) is 0.285. The highest BCUT2D eigenvalue weighted by Crippen LogP contribution is 2.27. The number of ether oxygens (including phenoxy) is 2. The summed E-state index contributed by atoms with van der Waals surface area (Å²) in [7, 11) is 4.82. The van der Waals surface area contributed by atoms with E-state index in [2.05, 4.69) is 24.6 Å². The van der Waals surface area contributed by atoms with Gasteiger partial charge in [0.15, 0.2) is 6.79 Å². The first-order valence-corrected chi connectivity index (χ1v) is 11.0. The van der Waals surface area contributed by atoms with Crippen LogP contribution < -0.4 is 10.3 Å². The number of hydrogen-bond acceptors (Lipinski definition) is 3. The minimum absolute atomic E-state index is 0.169. The number of hydrogen-bond donors (Lipinski definition) is 0. The van der Waals surface area contributed by atoms with Crippen LogP contribution in [0.4, 0.5) is 0 Å². The molecule has 0 saturated carbocycles. The molecular weight excluding hydrogens is 301 g/mol. The molecule has 1 aromatic heterocycles. The second-order valence-electron chi connectivity index (χ2n) is 6.14. The second kappa shape index (κ2) is 6.81. The minimum Gasteiger partial charge on any atom is -0.466 e. The fourth-order valence-electron chi connectivity index (χ4n) is 1.91. The molecule has 1 heterocycles. The van der Waals surface area contributed by atoms with Crippen LogP contribution in [0, 0.1) is 0 Å². The molecule has 6 heteroatoms. The fraction of sp³-hybridized carbons (Fsp3) is 0.400. The summed E-state index contributed by atoms with van der Waals surface area (Å²) in [4.78, 5) is 4.11. The van der Waals surface area contributed by atoms with E-state index < -0.39 is 8.07 Å². The maximum absolute atomic E-state index is 6.09. The molecule has 0 atom stereocenters. The number of pyridine rings is 1. The number of aromatic nitrogens is 1. The molecule has 0 aliphatic carbocycles. The highest BCUT2D eigenvalue weighted by molar-refractivity contribution is 6.76. The van der Waals surface area contributed by atoms with Crippen LogP contribution in [0.3, 0.4) is 0 Å². The topological polar surface area (TPSA) is 31.4 Å². The van der Waals surface area contributed by atoms with Crippen molar-refractivity contribution >= 4 is 43.9 Å². The lowest BCUT2D eigenvalue weighted by molar-refractivity contribution is 0.0234. The maximum Gasteiger partial charge on any atom is 0.189 e. The average molecular weight is 320 g/mol. The number of halogens is 1. The molecule has 110 valence electrons. The molecule has 0 fully saturated rings. The number of nitrogens with zero attached hydrogens (tertiary/aromatic N) is 1. The minimum atomic E-state index is -1.08. The van der Waals surface area contributed by atoms with Crippen molar-refractivity contribution < 1.29 is 9.47 Å². The summed E-state index contributed by atoms with van der Waals surface area (Å²) in [5, 5.41) is 2.06. The lowest BCUT2D eigenvalue weighted by atomic mass is 9.99. The quantitative estimate of drug-likeness (QED) is 0.354. The van der Waals surface area contributed by atoms with Gasteiger partial charge in [0, 0.05) is 31.0 Å². The van der Waals surface area contributed by atoms with E-state index in [-0.39, 0.29) is 12.4 Å². The molecule has 0 bridgehead atoms. The van der Waals surface area contributed by atoms with Crippen molar-refractivity contribution in [3.05, 3.63) is 29.4 Å². The summed E-state index contributed by atoms with van der Waals surface area (Å²) in [6, 6.07) is 8.72. The van der Waals surface area contributed by atoms with Crippen LogP contribution in [0.5, 0.6) is 5.75 Å². The van der Waals surface area contributed by atoms with Gasteiger partial charge in [0.05, 0.1) is 0 Å². The van der Waals surface area contributed by atoms with Gasteiger partial charge in [0.25, 0.3) is 0 Å². The molecular formula is C15H19BClNO2Si. The van der Waals surface area contributed by atoms with E-state index in [1.807, 2.05) is 24.3 Å². The zero-order valence-corrected chi connectivity index (χ0v) is 14.4. The normalized spacial score (nSPS) is 11.8. The molecule has 0 N–H and O–H groups in total. The van der Waals surface area contributed by atoms with Crippen molar-refractivity contribution in [1.82, 2.24) is 4.98 Å². The zero-order valence-electron chi connectivity index (χ0n) is 12.6. The van der Waals surface area contributed by atoms with Gasteiger partial charge in [0.2, 0.25) is 0 Å². The van der Waals surface area contributed by atoms with Crippen molar-refractivity contribution in [3.8, 4) is 5.75 Å². The predicted molar refractivity (Wildman–Crippen MR) is 91.7 cm³/mol. The van der Waals surface area contributed by atoms with Gasteiger partial charge in [-0.15, -0.1) is 0 Å². The van der Waals surface area contributed by atoms with E-state index in [0.29, 0.717) is 17.5 Å². The van der Waals surface area contributed by atoms with Gasteiger partial charge in [-0.25, -0.2) is 4.98 Å². The molecule has 0 spiro atoms. The van der Waals surface area contributed by atoms with E-state index in [1.165, 1.54) is 0 Å². The van der Waals surface area contributed by atoms with Crippen LogP contribution in [0.25, 0.3) is 10.8 Å². The van der Waals surface area contributed by atoms with E-state index in [0.717, 1.165) is 16.8 Å². The first-order valence-electron chi connectivity index (χ1n) is 6.93. The standard InChI is InChI=1S/C15H19BClNO2Si/c1-21(2,3)9-8-19-10-20-13-11-6-4-5-7-12(11)15(17)18-14(13)16/h4-7H,8-10H2,1-3H3. The van der Waals surface area contributed by atoms with Gasteiger partial charge in [-0.1, -0.05) is 55.5 Å². The summed E-state index contributed by atoms with van der Waals surface area (Å²) in [6.07, 6.45) is 0. The zero-order chi connectivity index (χ0) is 15.5. The Labute approximate surface area is 133 Å². The van der Waals surface area contributed by atoms with Gasteiger partial charge in [-0.2, -0.15) is 0 Å². The molecule has 0 aliphatic heterocycles. The number of benzene rings is 1. The van der Waals surface area contributed by atoms with Crippen LogP contribution >= 0.6 is 11.6 Å². The van der Waals surface area contributed by atoms with Crippen molar-refractivity contribution in [2.75, 3.05) is 13.4 Å². The van der Waals surface area contributed by atoms with Gasteiger partial charge < -0.3 is 9.47 Å². The van der Waals surface area contributed by atoms with Crippen LogP contribution in [-0.2, 0) is 4.74 Å². The molecule has 2 radical (unpaired) electrons. The summed E-state index contributed by atoms with van der Waals surface area (Å²) in [6.45, 7) is 7.81. The van der Waals surface area contributed by atoms with Gasteiger partial charge in [0.1, 0.15) is 18.7 Å². The third-order valence-corrected chi connectivity index (χ3v) is 5.12. The van der Waals surface area contributed by atoms with Crippen LogP contribution in [0.15, 0.2) is 24.3 Å². The van der Waals surface area contributed by atoms with Crippen molar-refractivity contribution in [2.24, 2.45) is 0 Å². The summed E-state index contributed by atoms with van der Waals surface area (Å²) in [5.74, 6) is 0.531. The lowest BCUT2D eigenvalue weighted by Crippen LogP contribution is -2.23. The van der Waals surface area contributed by atoms with Crippen LogP contribution in [-0.4, -0.2) is 34.3 Å². The third-order valence-electron chi connectivity index (χ3n) is 3.13. The Morgan fingerprint density at radius 2 is 1.86 bits per heavy atom. The van der Waals surface area contributed by atoms with E-state index in [1.54, 1.807) is 0 Å². The summed E-state index contributed by atoms with van der Waals surface area (Å²) < 4.78 is 11.2. The van der Waals surface area contributed by atoms with Crippen molar-refractivity contribution in [1.29, 1.82) is 0 Å². The molecule has 2 aromatic rings. The van der Waals surface area contributed by atoms with E-state index in [9.17, 15) is 0 Å². The first-order chi connectivity index (χ1) is 9.88. The molecule has 3 nitrogen and oxygen atoms in total. The number of fused-ring (bicyclic) bond motifs is 1. The van der Waals surface area contributed by atoms with Gasteiger partial charge in [-0.3, -0.25) is 0 Å². The Balaban J connectivity index is 2.05. The smallest absolute Gasteiger partial charge is 0.189 e. The summed E-state index contributed by atoms with van der Waals surface area (Å²) >= 11 is 6.09. The molecule has 21 heavy (non-hydrogen) atoms. The van der Waals surface area contributed by atoms with Crippen LogP contribution in [0.1, 0.15) is 0 Å². The predicted octanol–water partition coefficient (Wildman–Crippen LogP) is 3.37. The van der Waals surface area contributed by atoms with Gasteiger partial charge in [-0.05, 0) is 6.04 Å². The Hall–Kier alpha value is -1.04. The first kappa shape index (κ1) is 16.3. The SMILES string of the molecule is [B]c1nc(Cl)c2ccccc2c1OCOCC[Si](C)(C)C. The van der Waals surface area contributed by atoms with E-state index >= 15 is 0 Å². The van der Waals surface area contributed by atoms with Gasteiger partial charge >= 0.3 is 0 Å². The molecule has 0 aliphatic rings. The van der Waals surface area contributed by atoms with Crippen LogP contribution in [0.2, 0.25) is 30.8 Å². The molecule has 0 unspecified atom stereocenters. The monoisotopic (exact) mass is 319 g/mol. The van der Waals surface area contributed by atoms with Crippen molar-refractivity contribution in [3.63, 3.8) is 0 Å². The largest absolute Gasteiger partial charge is 0.466 e. The Morgan fingerprint density at radius 1 is 1.19 bits per heavy atom. The fourth-order valence-corrected chi connectivity index (χ4v) is 2.92. The highest BCUT2D eigenvalue weighted by Gasteiger charge is 2.13. The third kappa shape index (κ3) is 4.46. The van der Waals surface area contributed by atoms with Crippen molar-refractivity contribution in [2.45, 2.75) is 25.7 Å². The number of rotatable bonds is 6. The average Bonchev–Trinajstić information content (AvgIpc) is 2.40. The van der Waals surface area contributed by atoms with E-state index in [4.69, 9.17) is 28.9 Å². The molecule has 1 aromatic carbocycles. The Morgan fingerprint density at radius 3 is 2.52 bits per heavy atom. The maximum atomic E-state index is 6.09. The highest BCUT2D eigenvalue weighted by atomic mass is 35.5. The lowest BCUT2D eigenvalue weighted by Gasteiger charge is -2.16. The Bertz CT molecular complexity index is 631. The molecule has 2 rings (SSSR count). The molecule has 0 amide bonds. The Kier molecular flexibility index (Phi) is 5.30. The molecule has 0 saturated heterocycles.